The van der Waals surface area contributed by atoms with Gasteiger partial charge in [-0.1, -0.05) is 83.8 Å². The van der Waals surface area contributed by atoms with Crippen molar-refractivity contribution < 1.29 is 23.8 Å². The monoisotopic (exact) mass is 615 g/mol. The van der Waals surface area contributed by atoms with Crippen molar-refractivity contribution in [2.24, 2.45) is 0 Å². The number of benzene rings is 3. The van der Waals surface area contributed by atoms with E-state index in [1.165, 1.54) is 51.5 Å². The Hall–Kier alpha value is -4.32. The van der Waals surface area contributed by atoms with Crippen LogP contribution in [0.25, 0.3) is 0 Å². The molecule has 0 radical (unpaired) electrons. The maximum atomic E-state index is 13.6. The summed E-state index contributed by atoms with van der Waals surface area (Å²) in [6.07, 6.45) is 0. The number of anilines is 1. The van der Waals surface area contributed by atoms with E-state index in [1.807, 2.05) is 30.3 Å². The highest BCUT2D eigenvalue weighted by Gasteiger charge is 2.46. The van der Waals surface area contributed by atoms with Gasteiger partial charge in [-0.05, 0) is 52.4 Å². The van der Waals surface area contributed by atoms with Crippen molar-refractivity contribution in [1.29, 1.82) is 0 Å². The van der Waals surface area contributed by atoms with Gasteiger partial charge in [0.05, 0.1) is 16.5 Å². The van der Waals surface area contributed by atoms with Crippen molar-refractivity contribution in [3.63, 3.8) is 0 Å². The first-order valence-electron chi connectivity index (χ1n) is 12.8. The molecular weight excluding hydrogens is 594 g/mol. The van der Waals surface area contributed by atoms with E-state index in [0.717, 1.165) is 11.1 Å². The number of thiophene rings is 1. The molecule has 0 fully saturated rings. The van der Waals surface area contributed by atoms with Crippen molar-refractivity contribution >= 4 is 51.3 Å². The van der Waals surface area contributed by atoms with E-state index in [-0.39, 0.29) is 16.5 Å². The highest BCUT2D eigenvalue weighted by atomic mass is 32.2. The molecule has 1 amide bonds. The molecule has 0 aliphatic carbocycles. The molecule has 1 unspecified atom stereocenters. The second-order valence-electron chi connectivity index (χ2n) is 9.26. The molecule has 1 N–H and O–H groups in total. The van der Waals surface area contributed by atoms with Gasteiger partial charge in [0, 0.05) is 5.75 Å². The van der Waals surface area contributed by atoms with Gasteiger partial charge < -0.3 is 9.84 Å². The molecule has 11 heteroatoms. The molecule has 0 spiro atoms. The van der Waals surface area contributed by atoms with E-state index in [4.69, 9.17) is 4.74 Å². The van der Waals surface area contributed by atoms with Crippen LogP contribution in [0, 0.1) is 5.82 Å². The zero-order valence-electron chi connectivity index (χ0n) is 21.8. The zero-order chi connectivity index (χ0) is 29.1. The first kappa shape index (κ1) is 27.8. The summed E-state index contributed by atoms with van der Waals surface area (Å²) < 4.78 is 19.9. The first-order chi connectivity index (χ1) is 20.5. The predicted molar refractivity (Wildman–Crippen MR) is 162 cm³/mol. The second-order valence-corrected chi connectivity index (χ2v) is 12.4. The number of thioether (sulfide) groups is 1. The lowest BCUT2D eigenvalue weighted by atomic mass is 9.95. The molecule has 5 aromatic rings. The van der Waals surface area contributed by atoms with Gasteiger partial charge in [0.15, 0.2) is 10.1 Å². The molecule has 0 saturated carbocycles. The number of aliphatic hydroxyl groups is 1. The fourth-order valence-corrected chi connectivity index (χ4v) is 6.99. The van der Waals surface area contributed by atoms with Crippen molar-refractivity contribution in [3.05, 3.63) is 135 Å². The Labute approximate surface area is 252 Å². The molecule has 210 valence electrons. The van der Waals surface area contributed by atoms with Crippen LogP contribution in [-0.2, 0) is 17.2 Å². The van der Waals surface area contributed by atoms with Crippen LogP contribution < -0.4 is 9.64 Å². The van der Waals surface area contributed by atoms with Gasteiger partial charge in [-0.3, -0.25) is 14.5 Å². The Kier molecular flexibility index (Phi) is 8.13. The number of amides is 1. The third-order valence-corrected chi connectivity index (χ3v) is 9.49. The van der Waals surface area contributed by atoms with E-state index in [2.05, 4.69) is 10.2 Å². The minimum atomic E-state index is -0.949. The summed E-state index contributed by atoms with van der Waals surface area (Å²) in [7, 11) is 0. The second kappa shape index (κ2) is 12.3. The fraction of sp³-hybridized carbons (Fsp3) is 0.0968. The molecule has 2 aromatic heterocycles. The van der Waals surface area contributed by atoms with Crippen LogP contribution >= 0.6 is 34.4 Å². The number of ketones is 1. The number of hydrogen-bond donors (Lipinski definition) is 1. The number of Topliss-reactive ketones (excluding diaryl/α,β-unsaturated/α-hetero) is 1. The summed E-state index contributed by atoms with van der Waals surface area (Å²) in [5.41, 5.74) is 2.45. The number of carbonyl (C=O) groups is 2. The quantitative estimate of drug-likeness (QED) is 0.0995. The van der Waals surface area contributed by atoms with Crippen LogP contribution in [0.1, 0.15) is 32.4 Å². The van der Waals surface area contributed by atoms with Crippen LogP contribution in [0.4, 0.5) is 9.52 Å². The minimum absolute atomic E-state index is 0.0293. The molecule has 3 heterocycles. The Morgan fingerprint density at radius 3 is 2.55 bits per heavy atom. The number of aromatic nitrogens is 2. The maximum Gasteiger partial charge on any atom is 0.296 e. The molecule has 1 atom stereocenters. The first-order valence-corrected chi connectivity index (χ1v) is 15.5. The molecule has 3 aromatic carbocycles. The smallest absolute Gasteiger partial charge is 0.296 e. The van der Waals surface area contributed by atoms with Crippen molar-refractivity contribution in [2.75, 3.05) is 4.90 Å². The molecule has 6 rings (SSSR count). The summed E-state index contributed by atoms with van der Waals surface area (Å²) >= 11 is 3.80. The van der Waals surface area contributed by atoms with Crippen molar-refractivity contribution in [3.8, 4) is 5.75 Å². The largest absolute Gasteiger partial charge is 0.503 e. The number of carbonyl (C=O) groups excluding carboxylic acids is 2. The summed E-state index contributed by atoms with van der Waals surface area (Å²) in [4.78, 5) is 28.9. The van der Waals surface area contributed by atoms with Gasteiger partial charge in [0.2, 0.25) is 10.9 Å². The van der Waals surface area contributed by atoms with Crippen LogP contribution in [0.15, 0.2) is 112 Å². The number of hydrogen-bond acceptors (Lipinski definition) is 9. The summed E-state index contributed by atoms with van der Waals surface area (Å²) in [5.74, 6) is -1.03. The number of ether oxygens (including phenoxy) is 1. The number of aliphatic hydroxyl groups excluding tert-OH is 1. The van der Waals surface area contributed by atoms with Gasteiger partial charge in [-0.15, -0.1) is 21.5 Å². The Bertz CT molecular complexity index is 1760. The molecular formula is C31H22FN3O4S3. The summed E-state index contributed by atoms with van der Waals surface area (Å²) in [6, 6.07) is 25.5. The van der Waals surface area contributed by atoms with E-state index >= 15 is 0 Å². The molecule has 1 aliphatic heterocycles. The molecule has 7 nitrogen and oxygen atoms in total. The number of rotatable bonds is 10. The van der Waals surface area contributed by atoms with E-state index in [0.29, 0.717) is 32.9 Å². The average Bonchev–Trinajstić information content (AvgIpc) is 3.77. The van der Waals surface area contributed by atoms with Gasteiger partial charge in [-0.25, -0.2) is 4.39 Å². The number of nitrogens with zero attached hydrogens (tertiary/aromatic N) is 3. The standard InChI is InChI=1S/C31H22FN3O4S3/c32-22-13-11-20(12-14-22)18-41-31-34-33-30(42-31)35-26(25(28(37)29(35)38)27(36)24-10-5-15-40-24)21-8-4-9-23(16-21)39-17-19-6-2-1-3-7-19/h1-16,26,37H,17-18H2. The van der Waals surface area contributed by atoms with Crippen LogP contribution in [0.5, 0.6) is 5.75 Å². The van der Waals surface area contributed by atoms with E-state index < -0.39 is 23.5 Å². The van der Waals surface area contributed by atoms with Gasteiger partial charge in [-0.2, -0.15) is 0 Å². The Balaban J connectivity index is 1.32. The number of halogens is 1. The zero-order valence-corrected chi connectivity index (χ0v) is 24.3. The van der Waals surface area contributed by atoms with Gasteiger partial charge in [0.1, 0.15) is 18.2 Å². The lowest BCUT2D eigenvalue weighted by molar-refractivity contribution is -0.117. The maximum absolute atomic E-state index is 13.6. The van der Waals surface area contributed by atoms with Crippen molar-refractivity contribution in [1.82, 2.24) is 10.2 Å². The molecule has 0 bridgehead atoms. The Morgan fingerprint density at radius 1 is 0.976 bits per heavy atom. The highest BCUT2D eigenvalue weighted by Crippen LogP contribution is 2.44. The van der Waals surface area contributed by atoms with Crippen LogP contribution in [0.3, 0.4) is 0 Å². The molecule has 0 saturated heterocycles. The SMILES string of the molecule is O=C(C1=C(O)C(=O)N(c2nnc(SCc3ccc(F)cc3)s2)C1c1cccc(OCc2ccccc2)c1)c1cccs1. The fourth-order valence-electron chi connectivity index (χ4n) is 4.49. The lowest BCUT2D eigenvalue weighted by Crippen LogP contribution is -2.31. The summed E-state index contributed by atoms with van der Waals surface area (Å²) in [6.45, 7) is 0.338. The van der Waals surface area contributed by atoms with Gasteiger partial charge in [0.25, 0.3) is 5.91 Å². The van der Waals surface area contributed by atoms with E-state index in [1.54, 1.807) is 53.9 Å². The average molecular weight is 616 g/mol. The van der Waals surface area contributed by atoms with E-state index in [9.17, 15) is 19.1 Å². The topological polar surface area (TPSA) is 92.6 Å². The summed E-state index contributed by atoms with van der Waals surface area (Å²) in [5, 5.41) is 21.6. The van der Waals surface area contributed by atoms with Gasteiger partial charge >= 0.3 is 0 Å². The third kappa shape index (κ3) is 5.85. The van der Waals surface area contributed by atoms with Crippen LogP contribution in [-0.4, -0.2) is 27.0 Å². The highest BCUT2D eigenvalue weighted by molar-refractivity contribution is 8.00. The lowest BCUT2D eigenvalue weighted by Gasteiger charge is -2.24. The Morgan fingerprint density at radius 2 is 1.79 bits per heavy atom. The molecule has 1 aliphatic rings. The third-order valence-electron chi connectivity index (χ3n) is 6.50. The van der Waals surface area contributed by atoms with Crippen LogP contribution in [0.2, 0.25) is 0 Å². The minimum Gasteiger partial charge on any atom is -0.503 e. The molecule has 42 heavy (non-hydrogen) atoms. The predicted octanol–water partition coefficient (Wildman–Crippen LogP) is 7.39. The normalized spacial score (nSPS) is 14.9. The van der Waals surface area contributed by atoms with Crippen molar-refractivity contribution in [2.45, 2.75) is 22.7 Å².